The highest BCUT2D eigenvalue weighted by molar-refractivity contribution is 7.12. The van der Waals surface area contributed by atoms with E-state index in [4.69, 9.17) is 0 Å². The molecule has 1 fully saturated rings. The summed E-state index contributed by atoms with van der Waals surface area (Å²) in [7, 11) is 0. The lowest BCUT2D eigenvalue weighted by molar-refractivity contribution is 0.0792. The molecule has 0 bridgehead atoms. The van der Waals surface area contributed by atoms with Gasteiger partial charge in [0.2, 0.25) is 0 Å². The summed E-state index contributed by atoms with van der Waals surface area (Å²) in [4.78, 5) is 26.1. The van der Waals surface area contributed by atoms with Gasteiger partial charge in [-0.25, -0.2) is 14.6 Å². The van der Waals surface area contributed by atoms with Crippen LogP contribution in [-0.2, 0) is 0 Å². The van der Waals surface area contributed by atoms with Gasteiger partial charge in [0.1, 0.15) is 0 Å². The molecule has 0 radical (unpaired) electrons. The quantitative estimate of drug-likeness (QED) is 0.710. The molecule has 26 heavy (non-hydrogen) atoms. The first-order chi connectivity index (χ1) is 12.5. The highest BCUT2D eigenvalue weighted by Gasteiger charge is 2.24. The molecule has 1 aliphatic heterocycles. The molecule has 6 nitrogen and oxygen atoms in total. The minimum absolute atomic E-state index is 0.0479. The minimum atomic E-state index is 0.0479. The van der Waals surface area contributed by atoms with E-state index in [1.807, 2.05) is 17.9 Å². The highest BCUT2D eigenvalue weighted by atomic mass is 32.1. The lowest BCUT2D eigenvalue weighted by atomic mass is 10.2. The number of aromatic nitrogens is 4. The third-order valence-electron chi connectivity index (χ3n) is 4.78. The van der Waals surface area contributed by atoms with Crippen molar-refractivity contribution in [2.75, 3.05) is 13.1 Å². The maximum atomic E-state index is 12.7. The van der Waals surface area contributed by atoms with Crippen LogP contribution >= 0.6 is 11.3 Å². The standard InChI is InChI=1S/C19H21N5OS/c1-12-10-15(14(3)26-12)17-6-7-20-19(22-17)24-13(2)16(11-21-24)18(25)23-8-4-5-9-23/h6-7,10-11H,4-5,8-9H2,1-3H3. The first-order valence-corrected chi connectivity index (χ1v) is 9.61. The van der Waals surface area contributed by atoms with Crippen molar-refractivity contribution in [3.05, 3.63) is 45.5 Å². The van der Waals surface area contributed by atoms with Gasteiger partial charge < -0.3 is 4.90 Å². The van der Waals surface area contributed by atoms with Crippen molar-refractivity contribution in [1.82, 2.24) is 24.6 Å². The van der Waals surface area contributed by atoms with Crippen molar-refractivity contribution in [3.63, 3.8) is 0 Å². The number of hydrogen-bond acceptors (Lipinski definition) is 5. The Morgan fingerprint density at radius 1 is 1.19 bits per heavy atom. The smallest absolute Gasteiger partial charge is 0.257 e. The van der Waals surface area contributed by atoms with E-state index in [9.17, 15) is 4.79 Å². The Morgan fingerprint density at radius 2 is 1.96 bits per heavy atom. The van der Waals surface area contributed by atoms with Crippen LogP contribution in [0.3, 0.4) is 0 Å². The molecule has 4 heterocycles. The number of likely N-dealkylation sites (tertiary alicyclic amines) is 1. The van der Waals surface area contributed by atoms with Crippen molar-refractivity contribution in [2.45, 2.75) is 33.6 Å². The molecule has 0 unspecified atom stereocenters. The lowest BCUT2D eigenvalue weighted by Crippen LogP contribution is -2.28. The van der Waals surface area contributed by atoms with Crippen LogP contribution in [0.25, 0.3) is 17.2 Å². The normalized spacial score (nSPS) is 14.2. The molecule has 1 aliphatic rings. The summed E-state index contributed by atoms with van der Waals surface area (Å²) in [5, 5.41) is 4.39. The SMILES string of the molecule is Cc1cc(-c2ccnc(-n3ncc(C(=O)N4CCCC4)c3C)n2)c(C)s1. The third-order valence-corrected chi connectivity index (χ3v) is 5.75. The Balaban J connectivity index is 1.69. The first kappa shape index (κ1) is 16.9. The zero-order valence-corrected chi connectivity index (χ0v) is 16.0. The van der Waals surface area contributed by atoms with Crippen molar-refractivity contribution >= 4 is 17.2 Å². The van der Waals surface area contributed by atoms with Gasteiger partial charge >= 0.3 is 0 Å². The van der Waals surface area contributed by atoms with Gasteiger partial charge in [0.15, 0.2) is 0 Å². The fourth-order valence-electron chi connectivity index (χ4n) is 3.40. The number of nitrogens with zero attached hydrogens (tertiary/aromatic N) is 5. The summed E-state index contributed by atoms with van der Waals surface area (Å²) >= 11 is 1.76. The van der Waals surface area contributed by atoms with E-state index in [1.54, 1.807) is 28.4 Å². The number of aryl methyl sites for hydroxylation is 2. The average Bonchev–Trinajstić information content (AvgIpc) is 3.35. The van der Waals surface area contributed by atoms with Gasteiger partial charge in [0.25, 0.3) is 11.9 Å². The molecule has 1 amide bonds. The molecular weight excluding hydrogens is 346 g/mol. The Morgan fingerprint density at radius 3 is 2.65 bits per heavy atom. The summed E-state index contributed by atoms with van der Waals surface area (Å²) in [5.74, 6) is 0.537. The van der Waals surface area contributed by atoms with E-state index < -0.39 is 0 Å². The summed E-state index contributed by atoms with van der Waals surface area (Å²) < 4.78 is 1.65. The number of rotatable bonds is 3. The van der Waals surface area contributed by atoms with E-state index in [1.165, 1.54) is 9.75 Å². The molecule has 0 N–H and O–H groups in total. The van der Waals surface area contributed by atoms with Gasteiger partial charge in [-0.1, -0.05) is 0 Å². The van der Waals surface area contributed by atoms with E-state index >= 15 is 0 Å². The Labute approximate surface area is 156 Å². The molecular formula is C19H21N5OS. The van der Waals surface area contributed by atoms with Crippen LogP contribution < -0.4 is 0 Å². The summed E-state index contributed by atoms with van der Waals surface area (Å²) in [5.41, 5.74) is 3.40. The molecule has 0 atom stereocenters. The van der Waals surface area contributed by atoms with Crippen LogP contribution in [0.5, 0.6) is 0 Å². The van der Waals surface area contributed by atoms with Gasteiger partial charge in [0.05, 0.1) is 23.1 Å². The molecule has 134 valence electrons. The predicted octanol–water partition coefficient (Wildman–Crippen LogP) is 3.55. The number of carbonyl (C=O) groups excluding carboxylic acids is 1. The zero-order chi connectivity index (χ0) is 18.3. The molecule has 3 aromatic heterocycles. The molecule has 0 aromatic carbocycles. The second kappa shape index (κ2) is 6.64. The lowest BCUT2D eigenvalue weighted by Gasteiger charge is -2.14. The Kier molecular flexibility index (Phi) is 4.32. The van der Waals surface area contributed by atoms with Crippen molar-refractivity contribution < 1.29 is 4.79 Å². The second-order valence-electron chi connectivity index (χ2n) is 6.62. The molecule has 0 saturated carbocycles. The Hall–Kier alpha value is -2.54. The molecule has 0 aliphatic carbocycles. The van der Waals surface area contributed by atoms with Crippen molar-refractivity contribution in [1.29, 1.82) is 0 Å². The Bertz CT molecular complexity index is 968. The van der Waals surface area contributed by atoms with Crippen LogP contribution in [0.15, 0.2) is 24.5 Å². The number of amides is 1. The fraction of sp³-hybridized carbons (Fsp3) is 0.368. The average molecular weight is 367 g/mol. The van der Waals surface area contributed by atoms with Crippen LogP contribution in [0.1, 0.15) is 38.6 Å². The first-order valence-electron chi connectivity index (χ1n) is 8.79. The fourth-order valence-corrected chi connectivity index (χ4v) is 4.33. The maximum absolute atomic E-state index is 12.7. The van der Waals surface area contributed by atoms with Crippen LogP contribution in [0.4, 0.5) is 0 Å². The summed E-state index contributed by atoms with van der Waals surface area (Å²) in [6.07, 6.45) is 5.52. The zero-order valence-electron chi connectivity index (χ0n) is 15.2. The number of hydrogen-bond donors (Lipinski definition) is 0. The minimum Gasteiger partial charge on any atom is -0.339 e. The van der Waals surface area contributed by atoms with Gasteiger partial charge in [0, 0.05) is 34.6 Å². The highest BCUT2D eigenvalue weighted by Crippen LogP contribution is 2.29. The predicted molar refractivity (Wildman–Crippen MR) is 102 cm³/mol. The molecule has 7 heteroatoms. The third kappa shape index (κ3) is 2.92. The molecule has 3 aromatic rings. The second-order valence-corrected chi connectivity index (χ2v) is 8.08. The molecule has 0 spiro atoms. The maximum Gasteiger partial charge on any atom is 0.257 e. The summed E-state index contributed by atoms with van der Waals surface area (Å²) in [6.45, 7) is 7.74. The number of thiophene rings is 1. The van der Waals surface area contributed by atoms with Crippen LogP contribution in [0, 0.1) is 20.8 Å². The van der Waals surface area contributed by atoms with E-state index in [0.29, 0.717) is 11.5 Å². The summed E-state index contributed by atoms with van der Waals surface area (Å²) in [6, 6.07) is 4.05. The molecule has 1 saturated heterocycles. The largest absolute Gasteiger partial charge is 0.339 e. The topological polar surface area (TPSA) is 63.9 Å². The van der Waals surface area contributed by atoms with Crippen molar-refractivity contribution in [2.24, 2.45) is 0 Å². The van der Waals surface area contributed by atoms with Crippen LogP contribution in [-0.4, -0.2) is 43.6 Å². The van der Waals surface area contributed by atoms with E-state index in [-0.39, 0.29) is 5.91 Å². The monoisotopic (exact) mass is 367 g/mol. The van der Waals surface area contributed by atoms with Crippen molar-refractivity contribution in [3.8, 4) is 17.2 Å². The van der Waals surface area contributed by atoms with E-state index in [0.717, 1.165) is 42.9 Å². The van der Waals surface area contributed by atoms with E-state index in [2.05, 4.69) is 35.0 Å². The molecule has 4 rings (SSSR count). The van der Waals surface area contributed by atoms with Gasteiger partial charge in [-0.3, -0.25) is 4.79 Å². The van der Waals surface area contributed by atoms with Gasteiger partial charge in [-0.15, -0.1) is 11.3 Å². The van der Waals surface area contributed by atoms with Gasteiger partial charge in [-0.2, -0.15) is 5.10 Å². The van der Waals surface area contributed by atoms with Crippen LogP contribution in [0.2, 0.25) is 0 Å². The van der Waals surface area contributed by atoms with Gasteiger partial charge in [-0.05, 0) is 45.7 Å². The number of carbonyl (C=O) groups is 1.